The molecule has 0 aliphatic heterocycles. The van der Waals surface area contributed by atoms with E-state index in [1.54, 1.807) is 6.20 Å². The lowest BCUT2D eigenvalue weighted by Crippen LogP contribution is -2.05. The minimum Gasteiger partial charge on any atom is -0.377 e. The van der Waals surface area contributed by atoms with Gasteiger partial charge in [-0.1, -0.05) is 6.07 Å². The number of nitrogens with one attached hydrogen (secondary N) is 1. The molecular formula is C13H12F2N2. The number of aromatic nitrogens is 1. The van der Waals surface area contributed by atoms with Crippen LogP contribution in [0.3, 0.4) is 0 Å². The normalized spacial score (nSPS) is 10.3. The average Bonchev–Trinajstić information content (AvgIpc) is 2.32. The third kappa shape index (κ3) is 2.78. The lowest BCUT2D eigenvalue weighted by Gasteiger charge is -2.08. The smallest absolute Gasteiger partial charge is 0.146 e. The van der Waals surface area contributed by atoms with Gasteiger partial charge >= 0.3 is 0 Å². The van der Waals surface area contributed by atoms with Crippen molar-refractivity contribution in [2.24, 2.45) is 0 Å². The Hall–Kier alpha value is -1.97. The topological polar surface area (TPSA) is 24.9 Å². The van der Waals surface area contributed by atoms with E-state index in [0.29, 0.717) is 6.54 Å². The molecule has 88 valence electrons. The largest absolute Gasteiger partial charge is 0.377 e. The van der Waals surface area contributed by atoms with Gasteiger partial charge in [-0.3, -0.25) is 4.98 Å². The first-order chi connectivity index (χ1) is 8.16. The van der Waals surface area contributed by atoms with E-state index < -0.39 is 11.6 Å². The first-order valence-electron chi connectivity index (χ1n) is 5.26. The van der Waals surface area contributed by atoms with Crippen molar-refractivity contribution >= 4 is 5.69 Å². The summed E-state index contributed by atoms with van der Waals surface area (Å²) in [6.07, 6.45) is 1.67. The number of anilines is 1. The van der Waals surface area contributed by atoms with Gasteiger partial charge in [-0.15, -0.1) is 0 Å². The molecule has 1 aromatic carbocycles. The summed E-state index contributed by atoms with van der Waals surface area (Å²) in [6, 6.07) is 7.08. The lowest BCUT2D eigenvalue weighted by atomic mass is 10.2. The molecule has 1 N–H and O–H groups in total. The van der Waals surface area contributed by atoms with E-state index in [-0.39, 0.29) is 5.69 Å². The maximum atomic E-state index is 13.3. The fourth-order valence-corrected chi connectivity index (χ4v) is 1.52. The standard InChI is InChI=1S/C13H12F2N2/c1-9-3-2-6-16-13(9)8-17-12-7-10(14)4-5-11(12)15/h2-7,17H,8H2,1H3. The van der Waals surface area contributed by atoms with Gasteiger partial charge in [0.25, 0.3) is 0 Å². The first kappa shape index (κ1) is 11.5. The molecule has 0 aliphatic rings. The highest BCUT2D eigenvalue weighted by Crippen LogP contribution is 2.16. The van der Waals surface area contributed by atoms with Gasteiger partial charge in [-0.2, -0.15) is 0 Å². The van der Waals surface area contributed by atoms with Crippen LogP contribution in [-0.4, -0.2) is 4.98 Å². The van der Waals surface area contributed by atoms with Crippen LogP contribution >= 0.6 is 0 Å². The highest BCUT2D eigenvalue weighted by atomic mass is 19.1. The predicted octanol–water partition coefficient (Wildman–Crippen LogP) is 3.28. The van der Waals surface area contributed by atoms with E-state index in [4.69, 9.17) is 0 Å². The Morgan fingerprint density at radius 1 is 1.24 bits per heavy atom. The monoisotopic (exact) mass is 234 g/mol. The average molecular weight is 234 g/mol. The third-order valence-corrected chi connectivity index (χ3v) is 2.49. The molecule has 2 rings (SSSR count). The number of nitrogens with zero attached hydrogens (tertiary/aromatic N) is 1. The number of hydrogen-bond acceptors (Lipinski definition) is 2. The van der Waals surface area contributed by atoms with E-state index in [1.165, 1.54) is 0 Å². The number of hydrogen-bond donors (Lipinski definition) is 1. The second-order valence-electron chi connectivity index (χ2n) is 3.74. The Labute approximate surface area is 98.3 Å². The highest BCUT2D eigenvalue weighted by Gasteiger charge is 2.04. The minimum atomic E-state index is -0.472. The molecule has 0 saturated carbocycles. The molecule has 1 heterocycles. The maximum absolute atomic E-state index is 13.3. The van der Waals surface area contributed by atoms with Gasteiger partial charge in [0.05, 0.1) is 17.9 Å². The molecule has 4 heteroatoms. The summed E-state index contributed by atoms with van der Waals surface area (Å²) in [7, 11) is 0. The van der Waals surface area contributed by atoms with Crippen molar-refractivity contribution in [1.29, 1.82) is 0 Å². The van der Waals surface area contributed by atoms with Crippen molar-refractivity contribution in [1.82, 2.24) is 4.98 Å². The summed E-state index contributed by atoms with van der Waals surface area (Å²) in [5.41, 5.74) is 1.98. The van der Waals surface area contributed by atoms with Gasteiger partial charge in [0.1, 0.15) is 11.6 Å². The van der Waals surface area contributed by atoms with Crippen LogP contribution in [0.25, 0.3) is 0 Å². The van der Waals surface area contributed by atoms with Crippen molar-refractivity contribution in [3.63, 3.8) is 0 Å². The van der Waals surface area contributed by atoms with Crippen molar-refractivity contribution in [2.75, 3.05) is 5.32 Å². The van der Waals surface area contributed by atoms with Crippen LogP contribution in [0.5, 0.6) is 0 Å². The maximum Gasteiger partial charge on any atom is 0.146 e. The van der Waals surface area contributed by atoms with E-state index in [1.807, 2.05) is 19.1 Å². The Kier molecular flexibility index (Phi) is 3.32. The first-order valence-corrected chi connectivity index (χ1v) is 5.26. The summed E-state index contributed by atoms with van der Waals surface area (Å²) in [5, 5.41) is 2.83. The van der Waals surface area contributed by atoms with Crippen LogP contribution in [0.1, 0.15) is 11.3 Å². The zero-order valence-corrected chi connectivity index (χ0v) is 9.37. The lowest BCUT2D eigenvalue weighted by molar-refractivity contribution is 0.602. The molecule has 0 fully saturated rings. The molecule has 0 spiro atoms. The van der Waals surface area contributed by atoms with Gasteiger partial charge in [0.15, 0.2) is 0 Å². The summed E-state index contributed by atoms with van der Waals surface area (Å²) >= 11 is 0. The predicted molar refractivity (Wildman–Crippen MR) is 62.7 cm³/mol. The number of halogens is 2. The number of pyridine rings is 1. The van der Waals surface area contributed by atoms with E-state index in [0.717, 1.165) is 29.5 Å². The van der Waals surface area contributed by atoms with E-state index in [9.17, 15) is 8.78 Å². The van der Waals surface area contributed by atoms with E-state index >= 15 is 0 Å². The second kappa shape index (κ2) is 4.91. The van der Waals surface area contributed by atoms with Crippen LogP contribution < -0.4 is 5.32 Å². The SMILES string of the molecule is Cc1cccnc1CNc1cc(F)ccc1F. The number of aryl methyl sites for hydroxylation is 1. The molecule has 0 radical (unpaired) electrons. The van der Waals surface area contributed by atoms with Gasteiger partial charge in [-0.05, 0) is 36.8 Å². The zero-order chi connectivity index (χ0) is 12.3. The van der Waals surface area contributed by atoms with Gasteiger partial charge in [0, 0.05) is 6.20 Å². The van der Waals surface area contributed by atoms with Crippen molar-refractivity contribution in [2.45, 2.75) is 13.5 Å². The van der Waals surface area contributed by atoms with Gasteiger partial charge in [-0.25, -0.2) is 8.78 Å². The number of rotatable bonds is 3. The molecule has 1 aromatic heterocycles. The Morgan fingerprint density at radius 3 is 2.82 bits per heavy atom. The van der Waals surface area contributed by atoms with Gasteiger partial charge in [0.2, 0.25) is 0 Å². The van der Waals surface area contributed by atoms with Crippen LogP contribution in [0.15, 0.2) is 36.5 Å². The quantitative estimate of drug-likeness (QED) is 0.881. The zero-order valence-electron chi connectivity index (χ0n) is 9.37. The Bertz CT molecular complexity index is 527. The summed E-state index contributed by atoms with van der Waals surface area (Å²) < 4.78 is 26.3. The molecule has 0 amide bonds. The minimum absolute atomic E-state index is 0.148. The second-order valence-corrected chi connectivity index (χ2v) is 3.74. The van der Waals surface area contributed by atoms with Crippen LogP contribution in [0, 0.1) is 18.6 Å². The highest BCUT2D eigenvalue weighted by molar-refractivity contribution is 5.45. The summed E-state index contributed by atoms with van der Waals surface area (Å²) in [5.74, 6) is -0.938. The summed E-state index contributed by atoms with van der Waals surface area (Å²) in [4.78, 5) is 4.17. The fraction of sp³-hybridized carbons (Fsp3) is 0.154. The molecular weight excluding hydrogens is 222 g/mol. The molecule has 2 aromatic rings. The molecule has 0 atom stereocenters. The van der Waals surface area contributed by atoms with Crippen LogP contribution in [-0.2, 0) is 6.54 Å². The fourth-order valence-electron chi connectivity index (χ4n) is 1.52. The summed E-state index contributed by atoms with van der Waals surface area (Å²) in [6.45, 7) is 2.29. The molecule has 0 bridgehead atoms. The Balaban J connectivity index is 2.12. The number of benzene rings is 1. The van der Waals surface area contributed by atoms with Gasteiger partial charge < -0.3 is 5.32 Å². The van der Waals surface area contributed by atoms with Crippen LogP contribution in [0.4, 0.5) is 14.5 Å². The molecule has 0 saturated heterocycles. The third-order valence-electron chi connectivity index (χ3n) is 2.49. The van der Waals surface area contributed by atoms with E-state index in [2.05, 4.69) is 10.3 Å². The van der Waals surface area contributed by atoms with Crippen molar-refractivity contribution < 1.29 is 8.78 Å². The molecule has 0 aliphatic carbocycles. The molecule has 0 unspecified atom stereocenters. The molecule has 2 nitrogen and oxygen atoms in total. The van der Waals surface area contributed by atoms with Crippen molar-refractivity contribution in [3.05, 3.63) is 59.4 Å². The van der Waals surface area contributed by atoms with Crippen molar-refractivity contribution in [3.8, 4) is 0 Å². The van der Waals surface area contributed by atoms with Crippen LogP contribution in [0.2, 0.25) is 0 Å². The molecule has 17 heavy (non-hydrogen) atoms. The Morgan fingerprint density at radius 2 is 2.06 bits per heavy atom.